The summed E-state index contributed by atoms with van der Waals surface area (Å²) in [5.74, 6) is -6.09. The highest BCUT2D eigenvalue weighted by Gasteiger charge is 2.52. The van der Waals surface area contributed by atoms with Crippen molar-refractivity contribution in [1.29, 1.82) is 0 Å². The van der Waals surface area contributed by atoms with Gasteiger partial charge in [-0.25, -0.2) is 14.7 Å². The van der Waals surface area contributed by atoms with Gasteiger partial charge in [-0.3, -0.25) is 38.6 Å². The summed E-state index contributed by atoms with van der Waals surface area (Å²) >= 11 is 0. The minimum Gasteiger partial charge on any atom is -0.370 e. The van der Waals surface area contributed by atoms with Gasteiger partial charge in [-0.05, 0) is 55.8 Å². The van der Waals surface area contributed by atoms with Gasteiger partial charge in [0.05, 0.1) is 6.33 Å². The van der Waals surface area contributed by atoms with E-state index < -0.39 is 95.5 Å². The number of rotatable bonds is 10. The van der Waals surface area contributed by atoms with Crippen LogP contribution in [0.3, 0.4) is 0 Å². The third kappa shape index (κ3) is 10.5. The molecule has 0 spiro atoms. The first-order valence-electron chi connectivity index (χ1n) is 21.8. The van der Waals surface area contributed by atoms with Crippen LogP contribution in [0, 0.1) is 0 Å². The van der Waals surface area contributed by atoms with Crippen LogP contribution in [0.5, 0.6) is 0 Å². The molecule has 0 saturated carbocycles. The molecule has 8 amide bonds. The van der Waals surface area contributed by atoms with Crippen molar-refractivity contribution in [3.8, 4) is 0 Å². The number of carbonyl (C=O) groups is 8. The number of amides is 8. The lowest BCUT2D eigenvalue weighted by Crippen LogP contribution is -2.72. The number of imide groups is 1. The molecule has 5 heterocycles. The molecule has 7 atom stereocenters. The highest BCUT2D eigenvalue weighted by atomic mass is 16.2. The van der Waals surface area contributed by atoms with Crippen molar-refractivity contribution >= 4 is 64.1 Å². The number of aromatic nitrogens is 3. The van der Waals surface area contributed by atoms with E-state index in [2.05, 4.69) is 51.8 Å². The lowest BCUT2D eigenvalue weighted by molar-refractivity contribution is -0.141. The predicted octanol–water partition coefficient (Wildman–Crippen LogP) is -1.83. The summed E-state index contributed by atoms with van der Waals surface area (Å²) in [6, 6.07) is 6.51. The number of carbonyl (C=O) groups excluding carboxylic acids is 8. The first-order chi connectivity index (χ1) is 31.7. The first kappa shape index (κ1) is 46.4. The van der Waals surface area contributed by atoms with Gasteiger partial charge >= 0.3 is 6.03 Å². The summed E-state index contributed by atoms with van der Waals surface area (Å²) < 4.78 is 0. The number of guanidine groups is 1. The number of nitrogens with one attached hydrogen (secondary N) is 8. The van der Waals surface area contributed by atoms with Crippen LogP contribution in [0.25, 0.3) is 10.9 Å². The molecular weight excluding hydrogens is 853 g/mol. The number of hydrogen-bond donors (Lipinski definition) is 11. The van der Waals surface area contributed by atoms with Crippen LogP contribution in [-0.2, 0) is 52.8 Å². The number of nitrogens with two attached hydrogens (primary N) is 3. The summed E-state index contributed by atoms with van der Waals surface area (Å²) in [5, 5.41) is 17.7. The molecule has 22 nitrogen and oxygen atoms in total. The molecule has 348 valence electrons. The smallest absolute Gasteiger partial charge is 0.325 e. The molecule has 2 aromatic heterocycles. The number of H-pyrrole nitrogens is 2. The highest BCUT2D eigenvalue weighted by Crippen LogP contribution is 2.27. The number of aromatic amines is 2. The van der Waals surface area contributed by atoms with E-state index in [-0.39, 0.29) is 64.0 Å². The molecular formula is C44H54N14O8. The summed E-state index contributed by atoms with van der Waals surface area (Å²) in [6.45, 7) is -0.214. The van der Waals surface area contributed by atoms with E-state index in [1.54, 1.807) is 36.5 Å². The SMILES string of the molecule is NC(=O)C1CCCCNC2(CCN=C(N)N)C(=O)CCC3NC(=O)N(C3=O)C(Cc3cnc[nH]3)C(=O)NC(Cc3ccccc3)C(=O)NC2C(=O)NC(Cc2c[nH]c3ccccc23)C(=O)N1. The Labute approximate surface area is 378 Å². The Morgan fingerprint density at radius 2 is 1.50 bits per heavy atom. The lowest BCUT2D eigenvalue weighted by atomic mass is 9.78. The molecule has 66 heavy (non-hydrogen) atoms. The molecule has 14 N–H and O–H groups in total. The number of nitrogens with zero attached hydrogens (tertiary/aromatic N) is 3. The second-order valence-electron chi connectivity index (χ2n) is 16.7. The maximum atomic E-state index is 15.3. The second-order valence-corrected chi connectivity index (χ2v) is 16.7. The Morgan fingerprint density at radius 1 is 0.773 bits per heavy atom. The number of imidazole rings is 1. The monoisotopic (exact) mass is 906 g/mol. The number of aliphatic imine (C=N–C) groups is 1. The zero-order valence-electron chi connectivity index (χ0n) is 36.0. The van der Waals surface area contributed by atoms with Gasteiger partial charge in [0.25, 0.3) is 5.91 Å². The Balaban J connectivity index is 1.36. The molecule has 22 heteroatoms. The minimum atomic E-state index is -2.06. The third-order valence-electron chi connectivity index (χ3n) is 12.3. The van der Waals surface area contributed by atoms with Crippen LogP contribution in [0.4, 0.5) is 4.79 Å². The zero-order valence-corrected chi connectivity index (χ0v) is 36.0. The maximum absolute atomic E-state index is 15.3. The van der Waals surface area contributed by atoms with Gasteiger partial charge < -0.3 is 59.1 Å². The van der Waals surface area contributed by atoms with E-state index >= 15 is 14.4 Å². The number of fused-ring (bicyclic) bond motifs is 4. The van der Waals surface area contributed by atoms with Crippen molar-refractivity contribution in [2.45, 2.75) is 99.6 Å². The van der Waals surface area contributed by atoms with Crippen molar-refractivity contribution < 1.29 is 38.4 Å². The molecule has 3 fully saturated rings. The average molecular weight is 907 g/mol. The number of benzene rings is 2. The van der Waals surface area contributed by atoms with Crippen molar-refractivity contribution in [3.05, 3.63) is 90.1 Å². The fraction of sp³-hybridized carbons (Fsp3) is 0.409. The van der Waals surface area contributed by atoms with E-state index in [1.807, 2.05) is 24.3 Å². The van der Waals surface area contributed by atoms with Gasteiger partial charge in [0.2, 0.25) is 29.5 Å². The summed E-state index contributed by atoms with van der Waals surface area (Å²) in [7, 11) is 0. The number of urea groups is 1. The van der Waals surface area contributed by atoms with Gasteiger partial charge in [-0.15, -0.1) is 0 Å². The van der Waals surface area contributed by atoms with Crippen molar-refractivity contribution in [2.24, 2.45) is 22.2 Å². The Bertz CT molecular complexity index is 2490. The number of hydrogen-bond acceptors (Lipinski definition) is 11. The average Bonchev–Trinajstić information content (AvgIpc) is 4.03. The van der Waals surface area contributed by atoms with Crippen molar-refractivity contribution in [2.75, 3.05) is 13.1 Å². The van der Waals surface area contributed by atoms with Gasteiger partial charge in [0, 0.05) is 61.2 Å². The number of primary amides is 1. The van der Waals surface area contributed by atoms with E-state index in [0.717, 1.165) is 15.8 Å². The molecule has 3 aliphatic rings. The second kappa shape index (κ2) is 20.5. The van der Waals surface area contributed by atoms with Crippen LogP contribution >= 0.6 is 0 Å². The number of ketones is 1. The quantitative estimate of drug-likeness (QED) is 0.0476. The topological polar surface area (TPSA) is 347 Å². The van der Waals surface area contributed by atoms with Crippen molar-refractivity contribution in [3.63, 3.8) is 0 Å². The molecule has 7 unspecified atom stereocenters. The normalized spacial score (nSPS) is 25.9. The van der Waals surface area contributed by atoms with Gasteiger partial charge in [0.1, 0.15) is 41.8 Å². The van der Waals surface area contributed by atoms with Gasteiger partial charge in [0.15, 0.2) is 11.7 Å². The highest BCUT2D eigenvalue weighted by molar-refractivity contribution is 6.09. The molecule has 3 aliphatic heterocycles. The maximum Gasteiger partial charge on any atom is 0.325 e. The number of para-hydroxylation sites is 1. The number of Topliss-reactive ketones (excluding diaryl/α,β-unsaturated/α-hetero) is 1. The fourth-order valence-corrected chi connectivity index (χ4v) is 8.85. The zero-order chi connectivity index (χ0) is 47.0. The van der Waals surface area contributed by atoms with E-state index in [0.29, 0.717) is 23.2 Å². The first-order valence-corrected chi connectivity index (χ1v) is 21.8. The molecule has 0 radical (unpaired) electrons. The van der Waals surface area contributed by atoms with Gasteiger partial charge in [-0.1, -0.05) is 48.5 Å². The van der Waals surface area contributed by atoms with Crippen LogP contribution < -0.4 is 49.1 Å². The van der Waals surface area contributed by atoms with Crippen LogP contribution in [-0.4, -0.2) is 128 Å². The van der Waals surface area contributed by atoms with Crippen LogP contribution in [0.15, 0.2) is 78.3 Å². The molecule has 2 aromatic carbocycles. The van der Waals surface area contributed by atoms with E-state index in [9.17, 15) is 24.0 Å². The Morgan fingerprint density at radius 3 is 2.24 bits per heavy atom. The van der Waals surface area contributed by atoms with E-state index in [1.165, 1.54) is 12.5 Å². The molecule has 0 aliphatic carbocycles. The molecule has 3 saturated heterocycles. The molecule has 7 rings (SSSR count). The largest absolute Gasteiger partial charge is 0.370 e. The van der Waals surface area contributed by atoms with Crippen LogP contribution in [0.2, 0.25) is 0 Å². The standard InChI is InChI=1S/C44H54N14O8/c45-36(60)29-12-6-7-16-52-44(15-17-49-42(46)47)34(59)14-13-30-41(65)58(43(66)56-30)33(20-26-22-48-23-51-26)39(63)54-31(18-24-8-2-1-3-9-24)38(62)57-35(44)40(64)55-32(37(61)53-29)19-25-21-50-28-11-5-4-10-27(25)28/h1-5,8-11,21-23,29-33,35,50,52H,6-7,12-20H2,(H2,45,60)(H,48,51)(H,53,61)(H,54,63)(H,55,64)(H,56,66)(H,57,62)(H4,46,47,49). The minimum absolute atomic E-state index is 0.0255. The molecule has 2 bridgehead atoms. The Kier molecular flexibility index (Phi) is 14.4. The summed E-state index contributed by atoms with van der Waals surface area (Å²) in [5.41, 5.74) is 17.6. The van der Waals surface area contributed by atoms with Gasteiger partial charge in [-0.2, -0.15) is 0 Å². The Hall–Kier alpha value is -7.62. The third-order valence-corrected chi connectivity index (χ3v) is 12.3. The van der Waals surface area contributed by atoms with Crippen LogP contribution in [0.1, 0.15) is 55.3 Å². The summed E-state index contributed by atoms with van der Waals surface area (Å²) in [6.07, 6.45) is 3.75. The van der Waals surface area contributed by atoms with E-state index in [4.69, 9.17) is 17.2 Å². The summed E-state index contributed by atoms with van der Waals surface area (Å²) in [4.78, 5) is 130. The molecule has 4 aromatic rings. The lowest BCUT2D eigenvalue weighted by Gasteiger charge is -2.41. The predicted molar refractivity (Wildman–Crippen MR) is 238 cm³/mol. The van der Waals surface area contributed by atoms with Crippen molar-refractivity contribution in [1.82, 2.24) is 51.8 Å². The fourth-order valence-electron chi connectivity index (χ4n) is 8.85.